The molecule has 3 aromatic carbocycles. The minimum Gasteiger partial charge on any atom is -0.489 e. The highest BCUT2D eigenvalue weighted by Crippen LogP contribution is 2.25. The summed E-state index contributed by atoms with van der Waals surface area (Å²) in [4.78, 5) is 27.9. The van der Waals surface area contributed by atoms with Gasteiger partial charge < -0.3 is 14.8 Å². The molecule has 1 fully saturated rings. The molecule has 1 aliphatic rings. The van der Waals surface area contributed by atoms with Crippen molar-refractivity contribution in [2.45, 2.75) is 13.2 Å². The number of carbonyl (C=O) groups is 2. The third-order valence-corrected chi connectivity index (χ3v) is 5.46. The Labute approximate surface area is 196 Å². The van der Waals surface area contributed by atoms with Gasteiger partial charge in [-0.05, 0) is 52.5 Å². The van der Waals surface area contributed by atoms with Gasteiger partial charge in [-0.15, -0.1) is 0 Å². The summed E-state index contributed by atoms with van der Waals surface area (Å²) in [5.41, 5.74) is 2.89. The molecule has 0 bridgehead atoms. The fraction of sp³-hybridized carbons (Fsp3) is 0.120. The van der Waals surface area contributed by atoms with E-state index in [2.05, 4.69) is 0 Å². The van der Waals surface area contributed by atoms with E-state index in [0.29, 0.717) is 23.4 Å². The van der Waals surface area contributed by atoms with Crippen molar-refractivity contribution in [3.8, 4) is 5.75 Å². The maximum atomic E-state index is 13.1. The highest BCUT2D eigenvalue weighted by Gasteiger charge is 2.38. The monoisotopic (exact) mass is 460 g/mol. The van der Waals surface area contributed by atoms with Gasteiger partial charge >= 0.3 is 13.1 Å². The van der Waals surface area contributed by atoms with E-state index < -0.39 is 19.1 Å². The van der Waals surface area contributed by atoms with Crippen LogP contribution in [0.15, 0.2) is 78.5 Å². The Bertz CT molecular complexity index is 1210. The van der Waals surface area contributed by atoms with Crippen molar-refractivity contribution >= 4 is 30.6 Å². The van der Waals surface area contributed by atoms with Crippen molar-refractivity contribution in [3.63, 3.8) is 0 Å². The molecule has 7 nitrogen and oxygen atoms in total. The maximum Gasteiger partial charge on any atom is 0.488 e. The second-order valence-corrected chi connectivity index (χ2v) is 7.86. The van der Waals surface area contributed by atoms with Crippen LogP contribution in [0.2, 0.25) is 0 Å². The molecule has 3 aromatic rings. The zero-order chi connectivity index (χ0) is 24.2. The van der Waals surface area contributed by atoms with Crippen LogP contribution in [0.5, 0.6) is 5.75 Å². The molecule has 0 spiro atoms. The number of urea groups is 1. The molecule has 9 heteroatoms. The number of imide groups is 1. The molecule has 34 heavy (non-hydrogen) atoms. The number of likely N-dealkylation sites (N-methyl/N-ethyl adjacent to an activating group) is 1. The summed E-state index contributed by atoms with van der Waals surface area (Å²) >= 11 is 0. The van der Waals surface area contributed by atoms with Gasteiger partial charge in [-0.3, -0.25) is 14.6 Å². The van der Waals surface area contributed by atoms with E-state index in [-0.39, 0.29) is 18.1 Å². The van der Waals surface area contributed by atoms with Gasteiger partial charge in [-0.25, -0.2) is 9.18 Å². The van der Waals surface area contributed by atoms with Crippen LogP contribution in [-0.4, -0.2) is 46.0 Å². The number of carbonyl (C=O) groups excluding carboxylic acids is 2. The lowest BCUT2D eigenvalue weighted by atomic mass is 9.80. The second kappa shape index (κ2) is 9.90. The van der Waals surface area contributed by atoms with Gasteiger partial charge in [0.1, 0.15) is 23.9 Å². The van der Waals surface area contributed by atoms with E-state index in [1.165, 1.54) is 24.1 Å². The lowest BCUT2D eigenvalue weighted by molar-refractivity contribution is -0.123. The molecule has 0 aromatic heterocycles. The van der Waals surface area contributed by atoms with E-state index in [1.807, 2.05) is 0 Å². The fourth-order valence-electron chi connectivity index (χ4n) is 3.49. The normalized spacial score (nSPS) is 14.8. The molecule has 172 valence electrons. The van der Waals surface area contributed by atoms with E-state index in [0.717, 1.165) is 16.0 Å². The first-order valence-electron chi connectivity index (χ1n) is 10.6. The molecule has 0 unspecified atom stereocenters. The topological polar surface area (TPSA) is 90.3 Å². The van der Waals surface area contributed by atoms with E-state index in [4.69, 9.17) is 14.8 Å². The molecule has 0 atom stereocenters. The Hall–Kier alpha value is -3.95. The number of halogens is 1. The Kier molecular flexibility index (Phi) is 6.76. The summed E-state index contributed by atoms with van der Waals surface area (Å²) in [5.74, 6) is -0.186. The molecule has 1 heterocycles. The van der Waals surface area contributed by atoms with Crippen molar-refractivity contribution < 1.29 is 28.8 Å². The SMILES string of the molecule is CN1C(=O)N(Cc2ccc(F)cc2)C(=O)/C1=C\c1ccc(OCc2ccc(B(O)O)cc2)cc1. The Morgan fingerprint density at radius 1 is 0.912 bits per heavy atom. The summed E-state index contributed by atoms with van der Waals surface area (Å²) in [5, 5.41) is 18.3. The molecule has 0 radical (unpaired) electrons. The summed E-state index contributed by atoms with van der Waals surface area (Å²) in [6, 6.07) is 19.0. The number of rotatable bonds is 7. The summed E-state index contributed by atoms with van der Waals surface area (Å²) < 4.78 is 18.9. The maximum absolute atomic E-state index is 13.1. The van der Waals surface area contributed by atoms with Gasteiger partial charge in [-0.2, -0.15) is 0 Å². The fourth-order valence-corrected chi connectivity index (χ4v) is 3.49. The molecule has 4 rings (SSSR count). The van der Waals surface area contributed by atoms with Gasteiger partial charge in [0.2, 0.25) is 0 Å². The minimum absolute atomic E-state index is 0.0602. The van der Waals surface area contributed by atoms with E-state index >= 15 is 0 Å². The van der Waals surface area contributed by atoms with Crippen molar-refractivity contribution in [1.82, 2.24) is 9.80 Å². The molecule has 2 N–H and O–H groups in total. The predicted octanol–water partition coefficient (Wildman–Crippen LogP) is 2.52. The standard InChI is InChI=1S/C25H22BFN2O5/c1-28-23(24(30)29(25(28)31)15-18-4-10-21(27)11-5-18)14-17-6-12-22(13-7-17)34-16-19-2-8-20(9-3-19)26(32)33/h2-14,32-33H,15-16H2,1H3/b23-14+. The second-order valence-electron chi connectivity index (χ2n) is 7.86. The lowest BCUT2D eigenvalue weighted by Gasteiger charge is -2.13. The zero-order valence-corrected chi connectivity index (χ0v) is 18.4. The van der Waals surface area contributed by atoms with Crippen molar-refractivity contribution in [1.29, 1.82) is 0 Å². The van der Waals surface area contributed by atoms with Crippen molar-refractivity contribution in [3.05, 3.63) is 101 Å². The number of hydrogen-bond acceptors (Lipinski definition) is 5. The smallest absolute Gasteiger partial charge is 0.488 e. The van der Waals surface area contributed by atoms with Crippen LogP contribution >= 0.6 is 0 Å². The van der Waals surface area contributed by atoms with Crippen molar-refractivity contribution in [2.24, 2.45) is 0 Å². The van der Waals surface area contributed by atoms with Gasteiger partial charge in [0.25, 0.3) is 5.91 Å². The first-order valence-corrected chi connectivity index (χ1v) is 10.6. The number of hydrogen-bond donors (Lipinski definition) is 2. The van der Waals surface area contributed by atoms with E-state index in [9.17, 15) is 14.0 Å². The Balaban J connectivity index is 1.41. The molecule has 0 aliphatic carbocycles. The first kappa shape index (κ1) is 23.2. The highest BCUT2D eigenvalue weighted by atomic mass is 19.1. The average molecular weight is 460 g/mol. The third-order valence-electron chi connectivity index (χ3n) is 5.46. The average Bonchev–Trinajstić information content (AvgIpc) is 3.03. The summed E-state index contributed by atoms with van der Waals surface area (Å²) in [6.07, 6.45) is 1.63. The highest BCUT2D eigenvalue weighted by molar-refractivity contribution is 6.58. The van der Waals surface area contributed by atoms with Gasteiger partial charge in [0.15, 0.2) is 0 Å². The quantitative estimate of drug-likeness (QED) is 0.321. The van der Waals surface area contributed by atoms with Crippen LogP contribution in [-0.2, 0) is 17.9 Å². The number of amides is 3. The van der Waals surface area contributed by atoms with Gasteiger partial charge in [-0.1, -0.05) is 48.5 Å². The van der Waals surface area contributed by atoms with Crippen LogP contribution in [0.25, 0.3) is 6.08 Å². The largest absolute Gasteiger partial charge is 0.489 e. The number of ether oxygens (including phenoxy) is 1. The lowest BCUT2D eigenvalue weighted by Crippen LogP contribution is -2.30. The molecule has 1 aliphatic heterocycles. The minimum atomic E-state index is -1.51. The van der Waals surface area contributed by atoms with Crippen LogP contribution < -0.4 is 10.2 Å². The zero-order valence-electron chi connectivity index (χ0n) is 18.4. The van der Waals surface area contributed by atoms with Crippen LogP contribution in [0, 0.1) is 5.82 Å². The van der Waals surface area contributed by atoms with Crippen LogP contribution in [0.1, 0.15) is 16.7 Å². The van der Waals surface area contributed by atoms with Crippen molar-refractivity contribution in [2.75, 3.05) is 7.05 Å². The molecular weight excluding hydrogens is 438 g/mol. The van der Waals surface area contributed by atoms with Gasteiger partial charge in [0.05, 0.1) is 6.54 Å². The predicted molar refractivity (Wildman–Crippen MR) is 125 cm³/mol. The van der Waals surface area contributed by atoms with E-state index in [1.54, 1.807) is 66.7 Å². The molecule has 0 saturated carbocycles. The molecule has 1 saturated heterocycles. The van der Waals surface area contributed by atoms with Gasteiger partial charge in [0, 0.05) is 7.05 Å². The first-order chi connectivity index (χ1) is 16.3. The Morgan fingerprint density at radius 3 is 2.15 bits per heavy atom. The molecular formula is C25H22BFN2O5. The molecule has 3 amide bonds. The summed E-state index contributed by atoms with van der Waals surface area (Å²) in [6.45, 7) is 0.362. The third kappa shape index (κ3) is 5.16. The number of nitrogens with zero attached hydrogens (tertiary/aromatic N) is 2. The Morgan fingerprint density at radius 2 is 1.53 bits per heavy atom. The number of benzene rings is 3. The van der Waals surface area contributed by atoms with Crippen LogP contribution in [0.3, 0.4) is 0 Å². The summed E-state index contributed by atoms with van der Waals surface area (Å²) in [7, 11) is 0.0302. The van der Waals surface area contributed by atoms with Crippen LogP contribution in [0.4, 0.5) is 9.18 Å².